The van der Waals surface area contributed by atoms with Gasteiger partial charge in [0.05, 0.1) is 59.3 Å². The Labute approximate surface area is 193 Å². The summed E-state index contributed by atoms with van der Waals surface area (Å²) in [5, 5.41) is 0.519. The van der Waals surface area contributed by atoms with Gasteiger partial charge in [0.2, 0.25) is 0 Å². The van der Waals surface area contributed by atoms with Crippen LogP contribution < -0.4 is 4.74 Å². The summed E-state index contributed by atoms with van der Waals surface area (Å²) in [5.41, 5.74) is 0.807. The monoisotopic (exact) mass is 463 g/mol. The van der Waals surface area contributed by atoms with Crippen LogP contribution in [0.1, 0.15) is 24.8 Å². The Kier molecular flexibility index (Phi) is 12.6. The number of hydrogen-bond donors (Lipinski definition) is 0. The molecule has 0 bridgehead atoms. The number of carbonyl (C=O) groups excluding carboxylic acids is 3. The van der Waals surface area contributed by atoms with E-state index in [1.165, 1.54) is 0 Å². The molecule has 1 aliphatic heterocycles. The van der Waals surface area contributed by atoms with E-state index in [9.17, 15) is 14.4 Å². The van der Waals surface area contributed by atoms with Crippen molar-refractivity contribution in [2.75, 3.05) is 59.5 Å². The number of terminal acetylenes is 1. The summed E-state index contributed by atoms with van der Waals surface area (Å²) in [6, 6.07) is 7.27. The third-order valence-corrected chi connectivity index (χ3v) is 4.28. The van der Waals surface area contributed by atoms with E-state index >= 15 is 0 Å². The lowest BCUT2D eigenvalue weighted by atomic mass is 10.2. The second-order valence-electron chi connectivity index (χ2n) is 6.76. The fourth-order valence-electron chi connectivity index (χ4n) is 2.59. The summed E-state index contributed by atoms with van der Waals surface area (Å²) in [6.45, 7) is 3.35. The molecule has 1 aliphatic rings. The standard InChI is InChI=1S/C23H29NO9/c1-2-19-3-5-20(6-4-19)32-18-17-31-16-15-30-14-13-29-12-11-28-10-9-23(27)33-24-21(25)7-8-22(24)26/h1,3-6H,7-18H2. The first-order valence-corrected chi connectivity index (χ1v) is 10.7. The van der Waals surface area contributed by atoms with Crippen LogP contribution in [-0.4, -0.2) is 82.3 Å². The van der Waals surface area contributed by atoms with Gasteiger partial charge >= 0.3 is 5.97 Å². The smallest absolute Gasteiger partial charge is 0.335 e. The molecule has 0 unspecified atom stereocenters. The van der Waals surface area contributed by atoms with Gasteiger partial charge in [-0.15, -0.1) is 11.5 Å². The van der Waals surface area contributed by atoms with Crippen LogP contribution in [0.4, 0.5) is 0 Å². The maximum Gasteiger partial charge on any atom is 0.335 e. The summed E-state index contributed by atoms with van der Waals surface area (Å²) in [4.78, 5) is 39.0. The summed E-state index contributed by atoms with van der Waals surface area (Å²) in [7, 11) is 0. The highest BCUT2D eigenvalue weighted by molar-refractivity contribution is 6.01. The fourth-order valence-corrected chi connectivity index (χ4v) is 2.59. The molecule has 2 rings (SSSR count). The highest BCUT2D eigenvalue weighted by Crippen LogP contribution is 2.12. The highest BCUT2D eigenvalue weighted by atomic mass is 16.7. The third kappa shape index (κ3) is 10.9. The molecule has 10 heteroatoms. The van der Waals surface area contributed by atoms with Gasteiger partial charge in [0, 0.05) is 18.4 Å². The van der Waals surface area contributed by atoms with Crippen LogP contribution in [0, 0.1) is 12.3 Å². The largest absolute Gasteiger partial charge is 0.491 e. The maximum atomic E-state index is 11.6. The average Bonchev–Trinajstić information content (AvgIpc) is 3.14. The Morgan fingerprint density at radius 1 is 0.788 bits per heavy atom. The van der Waals surface area contributed by atoms with Crippen molar-refractivity contribution in [3.63, 3.8) is 0 Å². The number of carbonyl (C=O) groups is 3. The predicted molar refractivity (Wildman–Crippen MR) is 115 cm³/mol. The highest BCUT2D eigenvalue weighted by Gasteiger charge is 2.32. The quantitative estimate of drug-likeness (QED) is 0.191. The Morgan fingerprint density at radius 2 is 1.27 bits per heavy atom. The van der Waals surface area contributed by atoms with E-state index < -0.39 is 17.8 Å². The second kappa shape index (κ2) is 15.8. The van der Waals surface area contributed by atoms with E-state index in [2.05, 4.69) is 5.92 Å². The fraction of sp³-hybridized carbons (Fsp3) is 0.522. The molecule has 33 heavy (non-hydrogen) atoms. The van der Waals surface area contributed by atoms with Gasteiger partial charge in [-0.05, 0) is 24.3 Å². The Balaban J connectivity index is 1.30. The van der Waals surface area contributed by atoms with Crippen molar-refractivity contribution in [1.29, 1.82) is 0 Å². The molecular weight excluding hydrogens is 434 g/mol. The number of nitrogens with zero attached hydrogens (tertiary/aromatic N) is 1. The molecule has 180 valence electrons. The summed E-state index contributed by atoms with van der Waals surface area (Å²) in [6.07, 6.45) is 5.36. The van der Waals surface area contributed by atoms with Crippen molar-refractivity contribution in [1.82, 2.24) is 5.06 Å². The minimum atomic E-state index is -0.694. The van der Waals surface area contributed by atoms with Crippen LogP contribution in [-0.2, 0) is 38.2 Å². The lowest BCUT2D eigenvalue weighted by molar-refractivity contribution is -0.198. The van der Waals surface area contributed by atoms with Crippen LogP contribution in [0.3, 0.4) is 0 Å². The topological polar surface area (TPSA) is 110 Å². The first kappa shape index (κ1) is 26.3. The van der Waals surface area contributed by atoms with E-state index in [1.807, 2.05) is 24.3 Å². The zero-order valence-electron chi connectivity index (χ0n) is 18.5. The molecule has 0 radical (unpaired) electrons. The predicted octanol–water partition coefficient (Wildman–Crippen LogP) is 1.11. The van der Waals surface area contributed by atoms with Crippen molar-refractivity contribution < 1.29 is 42.9 Å². The Morgan fingerprint density at radius 3 is 1.79 bits per heavy atom. The van der Waals surface area contributed by atoms with Gasteiger partial charge in [0.15, 0.2) is 0 Å². The normalized spacial score (nSPS) is 13.2. The molecule has 1 aromatic carbocycles. The van der Waals surface area contributed by atoms with Gasteiger partial charge < -0.3 is 28.5 Å². The molecule has 1 aromatic rings. The van der Waals surface area contributed by atoms with Gasteiger partial charge in [0.1, 0.15) is 12.4 Å². The van der Waals surface area contributed by atoms with E-state index in [-0.39, 0.29) is 25.9 Å². The van der Waals surface area contributed by atoms with Crippen LogP contribution >= 0.6 is 0 Å². The summed E-state index contributed by atoms with van der Waals surface area (Å²) in [5.74, 6) is 1.58. The van der Waals surface area contributed by atoms with E-state index in [1.54, 1.807) is 0 Å². The molecule has 0 atom stereocenters. The molecule has 1 saturated heterocycles. The van der Waals surface area contributed by atoms with Gasteiger partial charge in [-0.3, -0.25) is 9.59 Å². The Bertz CT molecular complexity index is 772. The Hall–Kier alpha value is -2.97. The van der Waals surface area contributed by atoms with E-state index in [0.29, 0.717) is 57.9 Å². The van der Waals surface area contributed by atoms with Crippen LogP contribution in [0.15, 0.2) is 24.3 Å². The molecule has 1 heterocycles. The second-order valence-corrected chi connectivity index (χ2v) is 6.76. The van der Waals surface area contributed by atoms with Crippen molar-refractivity contribution in [3.8, 4) is 18.1 Å². The number of rotatable bonds is 17. The first-order chi connectivity index (χ1) is 16.1. The zero-order chi connectivity index (χ0) is 23.7. The molecule has 0 saturated carbocycles. The van der Waals surface area contributed by atoms with Crippen molar-refractivity contribution in [2.24, 2.45) is 0 Å². The van der Waals surface area contributed by atoms with Crippen molar-refractivity contribution >= 4 is 17.8 Å². The number of ether oxygens (including phenoxy) is 5. The van der Waals surface area contributed by atoms with Crippen LogP contribution in [0.25, 0.3) is 0 Å². The third-order valence-electron chi connectivity index (χ3n) is 4.28. The molecule has 0 spiro atoms. The molecule has 10 nitrogen and oxygen atoms in total. The minimum Gasteiger partial charge on any atom is -0.491 e. The van der Waals surface area contributed by atoms with E-state index in [0.717, 1.165) is 11.3 Å². The lowest BCUT2D eigenvalue weighted by Gasteiger charge is -2.12. The maximum absolute atomic E-state index is 11.6. The van der Waals surface area contributed by atoms with Gasteiger partial charge in [-0.25, -0.2) is 4.79 Å². The SMILES string of the molecule is C#Cc1ccc(OCCOCCOCCOCCOCCC(=O)ON2C(=O)CCC2=O)cc1. The minimum absolute atomic E-state index is 0.0651. The number of imide groups is 1. The number of benzene rings is 1. The number of amides is 2. The number of hydroxylamine groups is 2. The molecule has 2 amide bonds. The summed E-state index contributed by atoms with van der Waals surface area (Å²) >= 11 is 0. The van der Waals surface area contributed by atoms with Gasteiger partial charge in [-0.1, -0.05) is 5.92 Å². The first-order valence-electron chi connectivity index (χ1n) is 10.7. The van der Waals surface area contributed by atoms with Crippen molar-refractivity contribution in [3.05, 3.63) is 29.8 Å². The van der Waals surface area contributed by atoms with Gasteiger partial charge in [-0.2, -0.15) is 0 Å². The molecule has 0 aliphatic carbocycles. The number of hydrogen-bond acceptors (Lipinski definition) is 9. The van der Waals surface area contributed by atoms with Crippen molar-refractivity contribution in [2.45, 2.75) is 19.3 Å². The lowest BCUT2D eigenvalue weighted by Crippen LogP contribution is -2.32. The van der Waals surface area contributed by atoms with Crippen LogP contribution in [0.2, 0.25) is 0 Å². The molecule has 0 N–H and O–H groups in total. The molecule has 1 fully saturated rings. The zero-order valence-corrected chi connectivity index (χ0v) is 18.5. The van der Waals surface area contributed by atoms with E-state index in [4.69, 9.17) is 34.9 Å². The molecular formula is C23H29NO9. The van der Waals surface area contributed by atoms with Crippen LogP contribution in [0.5, 0.6) is 5.75 Å². The van der Waals surface area contributed by atoms with Gasteiger partial charge in [0.25, 0.3) is 11.8 Å². The summed E-state index contributed by atoms with van der Waals surface area (Å²) < 4.78 is 27.0. The average molecular weight is 463 g/mol. The molecule has 0 aromatic heterocycles.